The maximum atomic E-state index is 11.3. The fourth-order valence-electron chi connectivity index (χ4n) is 1.37. The fraction of sp³-hybridized carbons (Fsp3) is 0.417. The summed E-state index contributed by atoms with van der Waals surface area (Å²) in [5, 5.41) is 0. The highest BCUT2D eigenvalue weighted by molar-refractivity contribution is 5.80. The van der Waals surface area contributed by atoms with Crippen molar-refractivity contribution in [1.82, 2.24) is 5.43 Å². The first-order valence-corrected chi connectivity index (χ1v) is 5.32. The Morgan fingerprint density at radius 3 is 2.62 bits per heavy atom. The van der Waals surface area contributed by atoms with Crippen molar-refractivity contribution in [2.75, 3.05) is 0 Å². The van der Waals surface area contributed by atoms with E-state index in [1.807, 2.05) is 39.0 Å². The molecular weight excluding hydrogens is 204 g/mol. The predicted molar refractivity (Wildman–Crippen MR) is 63.0 cm³/mol. The second-order valence-electron chi connectivity index (χ2n) is 3.77. The molecule has 0 heterocycles. The molecule has 0 aromatic heterocycles. The first-order chi connectivity index (χ1) is 7.58. The van der Waals surface area contributed by atoms with Crippen molar-refractivity contribution >= 4 is 5.91 Å². The van der Waals surface area contributed by atoms with Crippen LogP contribution in [0.25, 0.3) is 0 Å². The number of nitrogens with one attached hydrogen (secondary N) is 1. The summed E-state index contributed by atoms with van der Waals surface area (Å²) in [6.45, 7) is 5.91. The normalized spacial score (nSPS) is 12.0. The number of ether oxygens (including phenoxy) is 1. The van der Waals surface area contributed by atoms with Crippen LogP contribution in [0.15, 0.2) is 18.2 Å². The molecule has 3 N–H and O–H groups in total. The summed E-state index contributed by atoms with van der Waals surface area (Å²) < 4.78 is 5.56. The molecule has 0 saturated carbocycles. The predicted octanol–water partition coefficient (Wildman–Crippen LogP) is 1.45. The van der Waals surface area contributed by atoms with E-state index in [1.165, 1.54) is 5.56 Å². The first kappa shape index (κ1) is 12.5. The number of hydrogen-bond donors (Lipinski definition) is 2. The maximum absolute atomic E-state index is 11.3. The molecule has 16 heavy (non-hydrogen) atoms. The molecule has 1 atom stereocenters. The van der Waals surface area contributed by atoms with E-state index in [2.05, 4.69) is 5.43 Å². The first-order valence-electron chi connectivity index (χ1n) is 5.32. The van der Waals surface area contributed by atoms with E-state index in [9.17, 15) is 4.79 Å². The third-order valence-corrected chi connectivity index (χ3v) is 2.56. The SMILES string of the molecule is CC[C@H](Oc1ccc(C)c(C)c1)C(=O)NN. The van der Waals surface area contributed by atoms with Crippen molar-refractivity contribution in [2.45, 2.75) is 33.3 Å². The lowest BCUT2D eigenvalue weighted by atomic mass is 10.1. The zero-order valence-electron chi connectivity index (χ0n) is 9.91. The van der Waals surface area contributed by atoms with E-state index in [4.69, 9.17) is 10.6 Å². The second kappa shape index (κ2) is 5.51. The van der Waals surface area contributed by atoms with Crippen molar-refractivity contribution in [2.24, 2.45) is 5.84 Å². The number of amides is 1. The summed E-state index contributed by atoms with van der Waals surface area (Å²) in [4.78, 5) is 11.3. The largest absolute Gasteiger partial charge is 0.481 e. The zero-order chi connectivity index (χ0) is 12.1. The molecule has 0 aliphatic heterocycles. The van der Waals surface area contributed by atoms with Gasteiger partial charge in [-0.15, -0.1) is 0 Å². The van der Waals surface area contributed by atoms with Gasteiger partial charge in [0.15, 0.2) is 6.10 Å². The van der Waals surface area contributed by atoms with E-state index in [0.29, 0.717) is 12.2 Å². The standard InChI is InChI=1S/C12H18N2O2/c1-4-11(12(15)14-13)16-10-6-5-8(2)9(3)7-10/h5-7,11H,4,13H2,1-3H3,(H,14,15)/t11-/m0/s1. The van der Waals surface area contributed by atoms with Crippen LogP contribution in [0, 0.1) is 13.8 Å². The van der Waals surface area contributed by atoms with Gasteiger partial charge in [-0.25, -0.2) is 5.84 Å². The Hall–Kier alpha value is -1.55. The molecule has 4 heteroatoms. The van der Waals surface area contributed by atoms with Gasteiger partial charge in [-0.2, -0.15) is 0 Å². The fourth-order valence-corrected chi connectivity index (χ4v) is 1.37. The Kier molecular flexibility index (Phi) is 4.31. The van der Waals surface area contributed by atoms with Gasteiger partial charge in [-0.3, -0.25) is 10.2 Å². The van der Waals surface area contributed by atoms with Gasteiger partial charge in [-0.05, 0) is 43.5 Å². The van der Waals surface area contributed by atoms with E-state index >= 15 is 0 Å². The number of aryl methyl sites for hydroxylation is 2. The average Bonchev–Trinajstić information content (AvgIpc) is 2.29. The second-order valence-corrected chi connectivity index (χ2v) is 3.77. The summed E-state index contributed by atoms with van der Waals surface area (Å²) in [5.74, 6) is 5.46. The highest BCUT2D eigenvalue weighted by Crippen LogP contribution is 2.18. The molecule has 1 aromatic rings. The number of hydrazine groups is 1. The summed E-state index contributed by atoms with van der Waals surface area (Å²) >= 11 is 0. The summed E-state index contributed by atoms with van der Waals surface area (Å²) in [6.07, 6.45) is 0.0442. The van der Waals surface area contributed by atoms with E-state index in [0.717, 1.165) is 5.56 Å². The van der Waals surface area contributed by atoms with Crippen LogP contribution in [0.5, 0.6) is 5.75 Å². The van der Waals surface area contributed by atoms with E-state index in [-0.39, 0.29) is 5.91 Å². The quantitative estimate of drug-likeness (QED) is 0.460. The molecule has 0 radical (unpaired) electrons. The third-order valence-electron chi connectivity index (χ3n) is 2.56. The molecule has 0 aliphatic rings. The van der Waals surface area contributed by atoms with Crippen molar-refractivity contribution in [3.63, 3.8) is 0 Å². The van der Waals surface area contributed by atoms with Gasteiger partial charge in [-0.1, -0.05) is 13.0 Å². The number of nitrogens with two attached hydrogens (primary N) is 1. The molecule has 0 bridgehead atoms. The lowest BCUT2D eigenvalue weighted by molar-refractivity contribution is -0.128. The Bertz CT molecular complexity index is 377. The molecule has 4 nitrogen and oxygen atoms in total. The van der Waals surface area contributed by atoms with Gasteiger partial charge < -0.3 is 4.74 Å². The van der Waals surface area contributed by atoms with Gasteiger partial charge in [0.05, 0.1) is 0 Å². The monoisotopic (exact) mass is 222 g/mol. The van der Waals surface area contributed by atoms with Crippen LogP contribution in [0.3, 0.4) is 0 Å². The van der Waals surface area contributed by atoms with Crippen LogP contribution in [-0.2, 0) is 4.79 Å². The van der Waals surface area contributed by atoms with Gasteiger partial charge in [0, 0.05) is 0 Å². The van der Waals surface area contributed by atoms with E-state index in [1.54, 1.807) is 0 Å². The lowest BCUT2D eigenvalue weighted by Gasteiger charge is -2.16. The molecule has 1 aromatic carbocycles. The Morgan fingerprint density at radius 1 is 1.44 bits per heavy atom. The average molecular weight is 222 g/mol. The van der Waals surface area contributed by atoms with Crippen molar-refractivity contribution < 1.29 is 9.53 Å². The van der Waals surface area contributed by atoms with Crippen LogP contribution in [-0.4, -0.2) is 12.0 Å². The molecule has 1 amide bonds. The van der Waals surface area contributed by atoms with Crippen LogP contribution in [0.2, 0.25) is 0 Å². The minimum absolute atomic E-state index is 0.305. The molecule has 0 spiro atoms. The lowest BCUT2D eigenvalue weighted by Crippen LogP contribution is -2.41. The Balaban J connectivity index is 2.78. The van der Waals surface area contributed by atoms with Gasteiger partial charge in [0.1, 0.15) is 5.75 Å². The topological polar surface area (TPSA) is 64.3 Å². The minimum atomic E-state index is -0.535. The number of carbonyl (C=O) groups excluding carboxylic acids is 1. The van der Waals surface area contributed by atoms with Crippen molar-refractivity contribution in [3.8, 4) is 5.75 Å². The molecule has 88 valence electrons. The number of rotatable bonds is 4. The van der Waals surface area contributed by atoms with Gasteiger partial charge >= 0.3 is 0 Å². The minimum Gasteiger partial charge on any atom is -0.481 e. The highest BCUT2D eigenvalue weighted by atomic mass is 16.5. The third kappa shape index (κ3) is 2.97. The molecular formula is C12H18N2O2. The molecule has 0 aliphatic carbocycles. The molecule has 0 saturated heterocycles. The van der Waals surface area contributed by atoms with Crippen molar-refractivity contribution in [1.29, 1.82) is 0 Å². The Labute approximate surface area is 95.8 Å². The summed E-state index contributed by atoms with van der Waals surface area (Å²) in [6, 6.07) is 5.74. The number of carbonyl (C=O) groups is 1. The number of hydrogen-bond acceptors (Lipinski definition) is 3. The smallest absolute Gasteiger partial charge is 0.274 e. The molecule has 1 rings (SSSR count). The summed E-state index contributed by atoms with van der Waals surface area (Å²) in [5.41, 5.74) is 4.44. The van der Waals surface area contributed by atoms with Gasteiger partial charge in [0.25, 0.3) is 5.91 Å². The van der Waals surface area contributed by atoms with Crippen LogP contribution >= 0.6 is 0 Å². The summed E-state index contributed by atoms with van der Waals surface area (Å²) in [7, 11) is 0. The maximum Gasteiger partial charge on any atom is 0.274 e. The van der Waals surface area contributed by atoms with E-state index < -0.39 is 6.10 Å². The Morgan fingerprint density at radius 2 is 2.12 bits per heavy atom. The number of benzene rings is 1. The van der Waals surface area contributed by atoms with Gasteiger partial charge in [0.2, 0.25) is 0 Å². The zero-order valence-corrected chi connectivity index (χ0v) is 9.91. The van der Waals surface area contributed by atoms with Crippen molar-refractivity contribution in [3.05, 3.63) is 29.3 Å². The van der Waals surface area contributed by atoms with Crippen LogP contribution < -0.4 is 16.0 Å². The van der Waals surface area contributed by atoms with Crippen LogP contribution in [0.1, 0.15) is 24.5 Å². The van der Waals surface area contributed by atoms with Crippen LogP contribution in [0.4, 0.5) is 0 Å². The highest BCUT2D eigenvalue weighted by Gasteiger charge is 2.16. The molecule has 0 fully saturated rings. The molecule has 0 unspecified atom stereocenters.